The summed E-state index contributed by atoms with van der Waals surface area (Å²) >= 11 is 0. The highest BCUT2D eigenvalue weighted by molar-refractivity contribution is 6.17. The van der Waals surface area contributed by atoms with Crippen LogP contribution in [0.15, 0.2) is 82.0 Å². The first-order chi connectivity index (χ1) is 15.0. The van der Waals surface area contributed by atoms with Crippen LogP contribution in [-0.4, -0.2) is 21.3 Å². The Morgan fingerprint density at radius 2 is 1.48 bits per heavy atom. The molecule has 1 aromatic carbocycles. The number of furan rings is 2. The number of halogens is 1. The van der Waals surface area contributed by atoms with Crippen LogP contribution in [-0.2, 0) is 0 Å². The molecule has 0 aliphatic heterocycles. The van der Waals surface area contributed by atoms with Crippen molar-refractivity contribution in [3.8, 4) is 5.69 Å². The van der Waals surface area contributed by atoms with Crippen molar-refractivity contribution in [1.29, 1.82) is 0 Å². The lowest BCUT2D eigenvalue weighted by Crippen LogP contribution is -2.05. The normalized spacial score (nSPS) is 11.5. The maximum Gasteiger partial charge on any atom is 0.206 e. The van der Waals surface area contributed by atoms with E-state index in [1.165, 1.54) is 65.8 Å². The number of rotatable bonds is 7. The lowest BCUT2D eigenvalue weighted by atomic mass is 10.0. The molecule has 31 heavy (non-hydrogen) atoms. The van der Waals surface area contributed by atoms with E-state index in [1.807, 2.05) is 0 Å². The molecule has 0 bridgehead atoms. The third-order valence-corrected chi connectivity index (χ3v) is 4.55. The second-order valence-electron chi connectivity index (χ2n) is 6.62. The Labute approximate surface area is 176 Å². The van der Waals surface area contributed by atoms with Gasteiger partial charge in [0.1, 0.15) is 23.0 Å². The van der Waals surface area contributed by atoms with Crippen LogP contribution in [0.2, 0.25) is 0 Å². The second-order valence-corrected chi connectivity index (χ2v) is 6.62. The molecule has 7 heteroatoms. The summed E-state index contributed by atoms with van der Waals surface area (Å²) in [6.45, 7) is 1.68. The van der Waals surface area contributed by atoms with Gasteiger partial charge >= 0.3 is 0 Å². The topological polar surface area (TPSA) is 78.2 Å². The van der Waals surface area contributed by atoms with E-state index in [4.69, 9.17) is 8.83 Å². The van der Waals surface area contributed by atoms with Gasteiger partial charge in [0.05, 0.1) is 29.5 Å². The van der Waals surface area contributed by atoms with Gasteiger partial charge in [0.2, 0.25) is 5.78 Å². The molecule has 0 atom stereocenters. The molecule has 0 fully saturated rings. The number of allylic oxidation sites excluding steroid dienone is 2. The molecule has 0 amide bonds. The molecule has 4 aromatic rings. The molecule has 0 unspecified atom stereocenters. The number of benzene rings is 1. The monoisotopic (exact) mass is 416 g/mol. The Morgan fingerprint density at radius 3 is 2.03 bits per heavy atom. The Hall–Kier alpha value is -4.26. The minimum Gasteiger partial charge on any atom is -0.465 e. The van der Waals surface area contributed by atoms with E-state index in [2.05, 4.69) is 5.10 Å². The summed E-state index contributed by atoms with van der Waals surface area (Å²) in [6.07, 6.45) is 8.63. The highest BCUT2D eigenvalue weighted by Gasteiger charge is 2.24. The molecule has 0 saturated carbocycles. The molecule has 0 radical (unpaired) electrons. The zero-order chi connectivity index (χ0) is 21.8. The molecule has 3 heterocycles. The van der Waals surface area contributed by atoms with Crippen molar-refractivity contribution in [2.45, 2.75) is 6.92 Å². The number of hydrogen-bond donors (Lipinski definition) is 0. The van der Waals surface area contributed by atoms with E-state index in [1.54, 1.807) is 31.2 Å². The molecule has 6 nitrogen and oxygen atoms in total. The van der Waals surface area contributed by atoms with Crippen molar-refractivity contribution in [1.82, 2.24) is 9.78 Å². The van der Waals surface area contributed by atoms with E-state index in [-0.39, 0.29) is 11.3 Å². The van der Waals surface area contributed by atoms with Crippen LogP contribution in [0.25, 0.3) is 17.8 Å². The van der Waals surface area contributed by atoms with Gasteiger partial charge in [0.15, 0.2) is 5.78 Å². The van der Waals surface area contributed by atoms with Crippen LogP contribution in [0.5, 0.6) is 0 Å². The summed E-state index contributed by atoms with van der Waals surface area (Å²) in [5.41, 5.74) is 1.12. The molecule has 0 aliphatic rings. The molecule has 0 N–H and O–H groups in total. The van der Waals surface area contributed by atoms with Crippen molar-refractivity contribution >= 4 is 23.7 Å². The van der Waals surface area contributed by atoms with E-state index in [9.17, 15) is 14.0 Å². The van der Waals surface area contributed by atoms with Crippen molar-refractivity contribution < 1.29 is 22.8 Å². The van der Waals surface area contributed by atoms with Crippen LogP contribution in [0.4, 0.5) is 4.39 Å². The van der Waals surface area contributed by atoms with Gasteiger partial charge in [-0.05, 0) is 79.8 Å². The van der Waals surface area contributed by atoms with Gasteiger partial charge in [-0.1, -0.05) is 0 Å². The average Bonchev–Trinajstić information content (AvgIpc) is 3.52. The first-order valence-electron chi connectivity index (χ1n) is 9.40. The fourth-order valence-electron chi connectivity index (χ4n) is 3.05. The van der Waals surface area contributed by atoms with Gasteiger partial charge in [-0.2, -0.15) is 5.10 Å². The number of aromatic nitrogens is 2. The third kappa shape index (κ3) is 4.35. The van der Waals surface area contributed by atoms with Crippen LogP contribution in [0.3, 0.4) is 0 Å². The average molecular weight is 416 g/mol. The molecule has 0 saturated heterocycles. The zero-order valence-corrected chi connectivity index (χ0v) is 16.5. The first-order valence-corrected chi connectivity index (χ1v) is 9.40. The summed E-state index contributed by atoms with van der Waals surface area (Å²) in [5, 5.41) is 4.36. The van der Waals surface area contributed by atoms with Crippen LogP contribution in [0.1, 0.15) is 38.1 Å². The SMILES string of the molecule is Cc1c(C(=O)/C=C/c2ccco2)c(C(=O)/C=C/c2ccco2)nn1-c1ccc(F)cc1. The van der Waals surface area contributed by atoms with Crippen LogP contribution < -0.4 is 0 Å². The minimum absolute atomic E-state index is 0.0151. The summed E-state index contributed by atoms with van der Waals surface area (Å²) < 4.78 is 25.2. The fourth-order valence-corrected chi connectivity index (χ4v) is 3.05. The van der Waals surface area contributed by atoms with Crippen molar-refractivity contribution in [3.05, 3.63) is 107 Å². The Balaban J connectivity index is 1.75. The number of carbonyl (C=O) groups is 2. The van der Waals surface area contributed by atoms with Gasteiger partial charge in [-0.15, -0.1) is 0 Å². The van der Waals surface area contributed by atoms with E-state index in [0.717, 1.165) is 0 Å². The molecule has 0 aliphatic carbocycles. The molecule has 154 valence electrons. The van der Waals surface area contributed by atoms with Gasteiger partial charge in [0.25, 0.3) is 0 Å². The van der Waals surface area contributed by atoms with E-state index in [0.29, 0.717) is 22.9 Å². The van der Waals surface area contributed by atoms with Crippen molar-refractivity contribution in [2.75, 3.05) is 0 Å². The smallest absolute Gasteiger partial charge is 0.206 e. The fraction of sp³-hybridized carbons (Fsp3) is 0.0417. The predicted octanol–water partition coefficient (Wildman–Crippen LogP) is 5.30. The molecule has 3 aromatic heterocycles. The number of nitrogens with zero attached hydrogens (tertiary/aromatic N) is 2. The quantitative estimate of drug-likeness (QED) is 0.302. The number of ketones is 2. The first kappa shape index (κ1) is 20.0. The predicted molar refractivity (Wildman–Crippen MR) is 112 cm³/mol. The van der Waals surface area contributed by atoms with E-state index >= 15 is 0 Å². The Bertz CT molecular complexity index is 1260. The summed E-state index contributed by atoms with van der Waals surface area (Å²) in [6, 6.07) is 12.4. The van der Waals surface area contributed by atoms with Crippen LogP contribution >= 0.6 is 0 Å². The second kappa shape index (κ2) is 8.62. The molecule has 4 rings (SSSR count). The van der Waals surface area contributed by atoms with Gasteiger partial charge in [-0.3, -0.25) is 9.59 Å². The summed E-state index contributed by atoms with van der Waals surface area (Å²) in [4.78, 5) is 25.9. The Morgan fingerprint density at radius 1 is 0.903 bits per heavy atom. The number of carbonyl (C=O) groups excluding carboxylic acids is 2. The summed E-state index contributed by atoms with van der Waals surface area (Å²) in [5.74, 6) is -0.271. The highest BCUT2D eigenvalue weighted by atomic mass is 19.1. The van der Waals surface area contributed by atoms with Gasteiger partial charge in [0, 0.05) is 0 Å². The van der Waals surface area contributed by atoms with Crippen molar-refractivity contribution in [3.63, 3.8) is 0 Å². The van der Waals surface area contributed by atoms with Crippen LogP contribution in [0, 0.1) is 12.7 Å². The zero-order valence-electron chi connectivity index (χ0n) is 16.5. The largest absolute Gasteiger partial charge is 0.465 e. The minimum atomic E-state index is -0.463. The van der Waals surface area contributed by atoms with Gasteiger partial charge in [-0.25, -0.2) is 9.07 Å². The molecule has 0 spiro atoms. The third-order valence-electron chi connectivity index (χ3n) is 4.55. The highest BCUT2D eigenvalue weighted by Crippen LogP contribution is 2.21. The maximum atomic E-state index is 13.3. The van der Waals surface area contributed by atoms with Crippen molar-refractivity contribution in [2.24, 2.45) is 0 Å². The number of hydrogen-bond acceptors (Lipinski definition) is 5. The maximum absolute atomic E-state index is 13.3. The lowest BCUT2D eigenvalue weighted by molar-refractivity contribution is 0.101. The summed E-state index contributed by atoms with van der Waals surface area (Å²) in [7, 11) is 0. The van der Waals surface area contributed by atoms with E-state index < -0.39 is 17.4 Å². The Kier molecular flexibility index (Phi) is 5.57. The lowest BCUT2D eigenvalue weighted by Gasteiger charge is -2.04. The van der Waals surface area contributed by atoms with Gasteiger partial charge < -0.3 is 8.83 Å². The molecular formula is C24H17FN2O4. The standard InChI is InChI=1S/C24H17FN2O4/c1-16-23(21(28)12-10-19-4-2-14-30-19)24(22(29)13-11-20-5-3-15-31-20)26-27(16)18-8-6-17(25)7-9-18/h2-15H,1H3/b12-10+,13-11+. The molecular weight excluding hydrogens is 399 g/mol.